The lowest BCUT2D eigenvalue weighted by Crippen LogP contribution is -2.38. The van der Waals surface area contributed by atoms with Crippen LogP contribution in [0.1, 0.15) is 31.4 Å². The molecule has 2 aromatic rings. The zero-order chi connectivity index (χ0) is 21.7. The Kier molecular flexibility index (Phi) is 6.72. The van der Waals surface area contributed by atoms with Gasteiger partial charge in [-0.05, 0) is 46.5 Å². The van der Waals surface area contributed by atoms with Crippen LogP contribution in [0.4, 0.5) is 9.18 Å². The first kappa shape index (κ1) is 21.8. The van der Waals surface area contributed by atoms with Crippen LogP contribution in [0.2, 0.25) is 0 Å². The van der Waals surface area contributed by atoms with Crippen LogP contribution in [0.25, 0.3) is 6.08 Å². The first-order valence-corrected chi connectivity index (χ1v) is 10.4. The number of hydrogen-bond donors (Lipinski definition) is 1. The topological polar surface area (TPSA) is 66.5 Å². The number of hydrogen-bond acceptors (Lipinski definition) is 4. The molecule has 7 heteroatoms. The summed E-state index contributed by atoms with van der Waals surface area (Å²) < 4.78 is 13.0. The van der Waals surface area contributed by atoms with Gasteiger partial charge < -0.3 is 5.32 Å². The molecule has 1 fully saturated rings. The van der Waals surface area contributed by atoms with E-state index in [1.54, 1.807) is 6.08 Å². The highest BCUT2D eigenvalue weighted by molar-refractivity contribution is 8.18. The standard InChI is InChI=1S/C23H23FN2O3S/c1-23(2,17-6-4-3-5-7-17)15-20(27)25-12-13-26-21(28)19(30-22(26)29)14-16-8-10-18(24)11-9-16/h3-11,14H,12-13,15H2,1-2H3,(H,25,27)/b19-14+. The Hall–Kier alpha value is -2.93. The van der Waals surface area contributed by atoms with E-state index < -0.39 is 5.91 Å². The molecule has 3 amide bonds. The summed E-state index contributed by atoms with van der Waals surface area (Å²) in [7, 11) is 0. The maximum Gasteiger partial charge on any atom is 0.293 e. The molecule has 0 unspecified atom stereocenters. The molecule has 156 valence electrons. The van der Waals surface area contributed by atoms with Crippen LogP contribution in [0.5, 0.6) is 0 Å². The Morgan fingerprint density at radius 1 is 1.10 bits per heavy atom. The molecule has 1 heterocycles. The second-order valence-electron chi connectivity index (χ2n) is 7.66. The molecular formula is C23H23FN2O3S. The summed E-state index contributed by atoms with van der Waals surface area (Å²) in [6.07, 6.45) is 1.86. The van der Waals surface area contributed by atoms with Crippen LogP contribution in [-0.2, 0) is 15.0 Å². The van der Waals surface area contributed by atoms with E-state index in [9.17, 15) is 18.8 Å². The van der Waals surface area contributed by atoms with Crippen molar-refractivity contribution in [3.05, 3.63) is 76.4 Å². The number of carbonyl (C=O) groups is 3. The van der Waals surface area contributed by atoms with E-state index in [0.717, 1.165) is 22.2 Å². The van der Waals surface area contributed by atoms with E-state index in [1.807, 2.05) is 44.2 Å². The Morgan fingerprint density at radius 3 is 2.43 bits per heavy atom. The molecule has 0 aromatic heterocycles. The summed E-state index contributed by atoms with van der Waals surface area (Å²) in [4.78, 5) is 38.4. The molecule has 1 N–H and O–H groups in total. The fourth-order valence-electron chi connectivity index (χ4n) is 3.17. The summed E-state index contributed by atoms with van der Waals surface area (Å²) in [5, 5.41) is 2.41. The van der Waals surface area contributed by atoms with Crippen LogP contribution in [0, 0.1) is 5.82 Å². The normalized spacial score (nSPS) is 15.7. The van der Waals surface area contributed by atoms with E-state index in [4.69, 9.17) is 0 Å². The van der Waals surface area contributed by atoms with Gasteiger partial charge in [0.15, 0.2) is 0 Å². The van der Waals surface area contributed by atoms with Crippen LogP contribution in [-0.4, -0.2) is 35.0 Å². The molecular weight excluding hydrogens is 403 g/mol. The van der Waals surface area contributed by atoms with Gasteiger partial charge in [0.1, 0.15) is 5.82 Å². The number of nitrogens with zero attached hydrogens (tertiary/aromatic N) is 1. The van der Waals surface area contributed by atoms with Gasteiger partial charge in [0.2, 0.25) is 5.91 Å². The van der Waals surface area contributed by atoms with Crippen LogP contribution < -0.4 is 5.32 Å². The fraction of sp³-hybridized carbons (Fsp3) is 0.261. The molecule has 30 heavy (non-hydrogen) atoms. The Morgan fingerprint density at radius 2 is 1.77 bits per heavy atom. The lowest BCUT2D eigenvalue weighted by molar-refractivity contribution is -0.124. The first-order valence-electron chi connectivity index (χ1n) is 9.59. The van der Waals surface area contributed by atoms with Crippen molar-refractivity contribution in [2.45, 2.75) is 25.7 Å². The molecule has 0 spiro atoms. The number of halogens is 1. The minimum Gasteiger partial charge on any atom is -0.354 e. The lowest BCUT2D eigenvalue weighted by atomic mass is 9.81. The van der Waals surface area contributed by atoms with Gasteiger partial charge in [-0.3, -0.25) is 19.3 Å². The number of amides is 3. The summed E-state index contributed by atoms with van der Waals surface area (Å²) in [5.74, 6) is -0.919. The van der Waals surface area contributed by atoms with Gasteiger partial charge in [0.25, 0.3) is 11.1 Å². The molecule has 0 radical (unpaired) electrons. The molecule has 0 atom stereocenters. The van der Waals surface area contributed by atoms with Crippen molar-refractivity contribution in [1.82, 2.24) is 10.2 Å². The molecule has 0 bridgehead atoms. The third-order valence-electron chi connectivity index (χ3n) is 4.86. The van der Waals surface area contributed by atoms with Gasteiger partial charge >= 0.3 is 0 Å². The molecule has 0 saturated carbocycles. The van der Waals surface area contributed by atoms with Crippen molar-refractivity contribution in [2.75, 3.05) is 13.1 Å². The zero-order valence-electron chi connectivity index (χ0n) is 16.9. The highest BCUT2D eigenvalue weighted by Crippen LogP contribution is 2.32. The van der Waals surface area contributed by atoms with E-state index in [0.29, 0.717) is 12.0 Å². The highest BCUT2D eigenvalue weighted by atomic mass is 32.2. The monoisotopic (exact) mass is 426 g/mol. The zero-order valence-corrected chi connectivity index (χ0v) is 17.7. The van der Waals surface area contributed by atoms with Crippen molar-refractivity contribution in [3.63, 3.8) is 0 Å². The van der Waals surface area contributed by atoms with Gasteiger partial charge in [-0.25, -0.2) is 4.39 Å². The van der Waals surface area contributed by atoms with Crippen molar-refractivity contribution in [2.24, 2.45) is 0 Å². The average molecular weight is 427 g/mol. The Balaban J connectivity index is 1.53. The Labute approximate surface area is 179 Å². The first-order chi connectivity index (χ1) is 14.3. The maximum absolute atomic E-state index is 13.0. The molecule has 1 saturated heterocycles. The van der Waals surface area contributed by atoms with E-state index in [-0.39, 0.29) is 40.4 Å². The maximum atomic E-state index is 13.0. The third-order valence-corrected chi connectivity index (χ3v) is 5.76. The lowest BCUT2D eigenvalue weighted by Gasteiger charge is -2.24. The van der Waals surface area contributed by atoms with Gasteiger partial charge in [0.05, 0.1) is 4.91 Å². The summed E-state index contributed by atoms with van der Waals surface area (Å²) in [6.45, 7) is 4.28. The van der Waals surface area contributed by atoms with Crippen LogP contribution >= 0.6 is 11.8 Å². The van der Waals surface area contributed by atoms with Crippen molar-refractivity contribution < 1.29 is 18.8 Å². The smallest absolute Gasteiger partial charge is 0.293 e. The fourth-order valence-corrected chi connectivity index (χ4v) is 4.03. The van der Waals surface area contributed by atoms with Crippen molar-refractivity contribution >= 4 is 34.9 Å². The van der Waals surface area contributed by atoms with E-state index in [2.05, 4.69) is 5.32 Å². The third kappa shape index (κ3) is 5.36. The summed E-state index contributed by atoms with van der Waals surface area (Å²) in [6, 6.07) is 15.5. The number of imide groups is 1. The number of nitrogens with one attached hydrogen (secondary N) is 1. The second-order valence-corrected chi connectivity index (χ2v) is 8.65. The van der Waals surface area contributed by atoms with Crippen molar-refractivity contribution in [1.29, 1.82) is 0 Å². The number of rotatable bonds is 7. The average Bonchev–Trinajstić information content (AvgIpc) is 2.97. The van der Waals surface area contributed by atoms with E-state index in [1.165, 1.54) is 24.3 Å². The predicted molar refractivity (Wildman–Crippen MR) is 116 cm³/mol. The minimum atomic E-state index is -0.409. The highest BCUT2D eigenvalue weighted by Gasteiger charge is 2.34. The number of thioether (sulfide) groups is 1. The number of benzene rings is 2. The summed E-state index contributed by atoms with van der Waals surface area (Å²) in [5.41, 5.74) is 1.38. The Bertz CT molecular complexity index is 972. The van der Waals surface area contributed by atoms with Gasteiger partial charge in [-0.15, -0.1) is 0 Å². The van der Waals surface area contributed by atoms with Gasteiger partial charge in [-0.1, -0.05) is 56.3 Å². The number of carbonyl (C=O) groups excluding carboxylic acids is 3. The van der Waals surface area contributed by atoms with Gasteiger partial charge in [-0.2, -0.15) is 0 Å². The largest absolute Gasteiger partial charge is 0.354 e. The van der Waals surface area contributed by atoms with Crippen LogP contribution in [0.3, 0.4) is 0 Å². The molecule has 3 rings (SSSR count). The quantitative estimate of drug-likeness (QED) is 0.669. The molecule has 1 aliphatic heterocycles. The second kappa shape index (κ2) is 9.26. The van der Waals surface area contributed by atoms with Crippen LogP contribution in [0.15, 0.2) is 59.5 Å². The summed E-state index contributed by atoms with van der Waals surface area (Å²) >= 11 is 0.839. The van der Waals surface area contributed by atoms with E-state index >= 15 is 0 Å². The predicted octanol–water partition coefficient (Wildman–Crippen LogP) is 4.35. The molecule has 0 aliphatic carbocycles. The van der Waals surface area contributed by atoms with Gasteiger partial charge in [0, 0.05) is 19.5 Å². The molecule has 5 nitrogen and oxygen atoms in total. The molecule has 2 aromatic carbocycles. The minimum absolute atomic E-state index is 0.100. The SMILES string of the molecule is CC(C)(CC(=O)NCCN1C(=O)S/C(=C/c2ccc(F)cc2)C1=O)c1ccccc1. The molecule has 1 aliphatic rings. The van der Waals surface area contributed by atoms with Crippen molar-refractivity contribution in [3.8, 4) is 0 Å².